The van der Waals surface area contributed by atoms with E-state index in [1.165, 1.54) is 12.8 Å². The maximum absolute atomic E-state index is 12.4. The highest BCUT2D eigenvalue weighted by Gasteiger charge is 2.37. The highest BCUT2D eigenvalue weighted by Crippen LogP contribution is 2.32. The monoisotopic (exact) mass is 332 g/mol. The molecular weight excluding hydrogens is 308 g/mol. The first-order chi connectivity index (χ1) is 11.7. The molecule has 2 saturated heterocycles. The molecule has 1 aromatic rings. The molecule has 3 aliphatic rings. The van der Waals surface area contributed by atoms with Crippen LogP contribution in [0.5, 0.6) is 0 Å². The standard InChI is InChI=1S/C17H24N4O3/c22-16-6-13(9-20(16)8-12-3-4-12)17(23)19-14-7-18-21(10-14)11-15-2-1-5-24-15/h7,10,12-13,15H,1-6,8-9,11H2,(H,19,23). The van der Waals surface area contributed by atoms with E-state index in [2.05, 4.69) is 10.4 Å². The van der Waals surface area contributed by atoms with Crippen LogP contribution in [0.1, 0.15) is 32.1 Å². The molecule has 1 N–H and O–H groups in total. The molecule has 7 nitrogen and oxygen atoms in total. The van der Waals surface area contributed by atoms with Gasteiger partial charge in [0.15, 0.2) is 0 Å². The second-order valence-electron chi connectivity index (χ2n) is 7.22. The smallest absolute Gasteiger partial charge is 0.229 e. The van der Waals surface area contributed by atoms with Gasteiger partial charge in [0.25, 0.3) is 0 Å². The maximum Gasteiger partial charge on any atom is 0.229 e. The summed E-state index contributed by atoms with van der Waals surface area (Å²) < 4.78 is 7.41. The van der Waals surface area contributed by atoms with Crippen molar-refractivity contribution in [2.24, 2.45) is 11.8 Å². The number of ether oxygens (including phenoxy) is 1. The van der Waals surface area contributed by atoms with E-state index in [1.54, 1.807) is 6.20 Å². The Morgan fingerprint density at radius 3 is 2.96 bits per heavy atom. The third kappa shape index (κ3) is 3.61. The van der Waals surface area contributed by atoms with E-state index in [9.17, 15) is 9.59 Å². The Labute approximate surface area is 141 Å². The molecule has 24 heavy (non-hydrogen) atoms. The summed E-state index contributed by atoms with van der Waals surface area (Å²) in [5.74, 6) is 0.430. The summed E-state index contributed by atoms with van der Waals surface area (Å²) in [4.78, 5) is 26.3. The molecule has 2 amide bonds. The minimum absolute atomic E-state index is 0.0849. The largest absolute Gasteiger partial charge is 0.376 e. The van der Waals surface area contributed by atoms with Crippen LogP contribution in [-0.2, 0) is 20.9 Å². The number of carbonyl (C=O) groups is 2. The first-order valence-corrected chi connectivity index (χ1v) is 8.90. The van der Waals surface area contributed by atoms with Crippen molar-refractivity contribution in [2.75, 3.05) is 25.0 Å². The van der Waals surface area contributed by atoms with Gasteiger partial charge < -0.3 is 15.0 Å². The normalized spacial score (nSPS) is 27.0. The lowest BCUT2D eigenvalue weighted by atomic mass is 10.1. The first-order valence-electron chi connectivity index (χ1n) is 8.90. The van der Waals surface area contributed by atoms with E-state index >= 15 is 0 Å². The summed E-state index contributed by atoms with van der Waals surface area (Å²) in [5.41, 5.74) is 0.686. The molecule has 7 heteroatoms. The summed E-state index contributed by atoms with van der Waals surface area (Å²) >= 11 is 0. The predicted molar refractivity (Wildman–Crippen MR) is 87.2 cm³/mol. The van der Waals surface area contributed by atoms with E-state index < -0.39 is 0 Å². The van der Waals surface area contributed by atoms with E-state index in [0.717, 1.165) is 26.0 Å². The number of amides is 2. The topological polar surface area (TPSA) is 76.5 Å². The number of likely N-dealkylation sites (tertiary alicyclic amines) is 1. The van der Waals surface area contributed by atoms with Gasteiger partial charge in [-0.1, -0.05) is 0 Å². The molecular formula is C17H24N4O3. The third-order valence-electron chi connectivity index (χ3n) is 5.08. The number of aromatic nitrogens is 2. The van der Waals surface area contributed by atoms with Crippen LogP contribution in [0.3, 0.4) is 0 Å². The Balaban J connectivity index is 1.29. The lowest BCUT2D eigenvalue weighted by molar-refractivity contribution is -0.128. The fraction of sp³-hybridized carbons (Fsp3) is 0.706. The van der Waals surface area contributed by atoms with Crippen LogP contribution in [0.2, 0.25) is 0 Å². The first kappa shape index (κ1) is 15.6. The van der Waals surface area contributed by atoms with Crippen molar-refractivity contribution in [1.82, 2.24) is 14.7 Å². The zero-order valence-electron chi connectivity index (χ0n) is 13.8. The molecule has 130 valence electrons. The average Bonchev–Trinajstić information content (AvgIpc) is 2.93. The lowest BCUT2D eigenvalue weighted by Gasteiger charge is -2.15. The summed E-state index contributed by atoms with van der Waals surface area (Å²) in [6.07, 6.45) is 8.61. The van der Waals surface area contributed by atoms with Crippen LogP contribution in [0, 0.1) is 11.8 Å². The third-order valence-corrected chi connectivity index (χ3v) is 5.08. The minimum Gasteiger partial charge on any atom is -0.376 e. The Kier molecular flexibility index (Phi) is 4.26. The average molecular weight is 332 g/mol. The quantitative estimate of drug-likeness (QED) is 0.851. The molecule has 0 bridgehead atoms. The molecule has 1 aliphatic carbocycles. The molecule has 3 fully saturated rings. The zero-order chi connectivity index (χ0) is 16.5. The highest BCUT2D eigenvalue weighted by atomic mass is 16.5. The summed E-state index contributed by atoms with van der Waals surface area (Å²) in [7, 11) is 0. The van der Waals surface area contributed by atoms with Crippen molar-refractivity contribution in [2.45, 2.75) is 44.8 Å². The second kappa shape index (κ2) is 6.55. The molecule has 1 aromatic heterocycles. The summed E-state index contributed by atoms with van der Waals surface area (Å²) in [6.45, 7) is 2.91. The van der Waals surface area contributed by atoms with Gasteiger partial charge in [0.1, 0.15) is 0 Å². The number of rotatable bonds is 6. The van der Waals surface area contributed by atoms with Gasteiger partial charge in [0.05, 0.1) is 30.5 Å². The van der Waals surface area contributed by atoms with E-state index in [4.69, 9.17) is 4.74 Å². The lowest BCUT2D eigenvalue weighted by Crippen LogP contribution is -2.29. The molecule has 2 atom stereocenters. The highest BCUT2D eigenvalue weighted by molar-refractivity contribution is 5.97. The van der Waals surface area contributed by atoms with Crippen LogP contribution >= 0.6 is 0 Å². The van der Waals surface area contributed by atoms with Gasteiger partial charge in [-0.2, -0.15) is 5.10 Å². The molecule has 2 aliphatic heterocycles. The minimum atomic E-state index is -0.252. The van der Waals surface area contributed by atoms with Gasteiger partial charge in [-0.3, -0.25) is 14.3 Å². The Bertz CT molecular complexity index is 619. The number of carbonyl (C=O) groups excluding carboxylic acids is 2. The molecule has 4 rings (SSSR count). The zero-order valence-corrected chi connectivity index (χ0v) is 13.8. The van der Waals surface area contributed by atoms with E-state index in [1.807, 2.05) is 15.8 Å². The van der Waals surface area contributed by atoms with Gasteiger partial charge in [0.2, 0.25) is 11.8 Å². The molecule has 2 unspecified atom stereocenters. The van der Waals surface area contributed by atoms with Gasteiger partial charge in [0, 0.05) is 32.3 Å². The molecule has 0 aromatic carbocycles. The van der Waals surface area contributed by atoms with Gasteiger partial charge in [-0.25, -0.2) is 0 Å². The fourth-order valence-electron chi connectivity index (χ4n) is 3.51. The Hall–Kier alpha value is -1.89. The van der Waals surface area contributed by atoms with Crippen molar-refractivity contribution < 1.29 is 14.3 Å². The van der Waals surface area contributed by atoms with Gasteiger partial charge >= 0.3 is 0 Å². The van der Waals surface area contributed by atoms with Crippen molar-refractivity contribution >= 4 is 17.5 Å². The van der Waals surface area contributed by atoms with Crippen molar-refractivity contribution in [3.8, 4) is 0 Å². The predicted octanol–water partition coefficient (Wildman–Crippen LogP) is 1.26. The molecule has 1 saturated carbocycles. The van der Waals surface area contributed by atoms with Crippen LogP contribution in [0.4, 0.5) is 5.69 Å². The number of nitrogens with one attached hydrogen (secondary N) is 1. The number of nitrogens with zero attached hydrogens (tertiary/aromatic N) is 3. The summed E-state index contributed by atoms with van der Waals surface area (Å²) in [5, 5.41) is 7.18. The van der Waals surface area contributed by atoms with Gasteiger partial charge in [-0.15, -0.1) is 0 Å². The van der Waals surface area contributed by atoms with Crippen LogP contribution in [0.25, 0.3) is 0 Å². The van der Waals surface area contributed by atoms with Crippen molar-refractivity contribution in [3.63, 3.8) is 0 Å². The van der Waals surface area contributed by atoms with E-state index in [0.29, 0.717) is 31.1 Å². The van der Waals surface area contributed by atoms with Gasteiger partial charge in [-0.05, 0) is 31.6 Å². The van der Waals surface area contributed by atoms with E-state index in [-0.39, 0.29) is 23.8 Å². The Morgan fingerprint density at radius 1 is 1.33 bits per heavy atom. The molecule has 0 radical (unpaired) electrons. The second-order valence-corrected chi connectivity index (χ2v) is 7.22. The fourth-order valence-corrected chi connectivity index (χ4v) is 3.51. The maximum atomic E-state index is 12.4. The number of hydrogen-bond donors (Lipinski definition) is 1. The van der Waals surface area contributed by atoms with Crippen LogP contribution in [-0.4, -0.2) is 52.3 Å². The van der Waals surface area contributed by atoms with Crippen LogP contribution < -0.4 is 5.32 Å². The SMILES string of the molecule is O=C(Nc1cnn(CC2CCCO2)c1)C1CC(=O)N(CC2CC2)C1. The van der Waals surface area contributed by atoms with Crippen LogP contribution in [0.15, 0.2) is 12.4 Å². The number of hydrogen-bond acceptors (Lipinski definition) is 4. The van der Waals surface area contributed by atoms with Crippen molar-refractivity contribution in [3.05, 3.63) is 12.4 Å². The number of anilines is 1. The Morgan fingerprint density at radius 2 is 2.21 bits per heavy atom. The summed E-state index contributed by atoms with van der Waals surface area (Å²) in [6, 6.07) is 0. The molecule has 0 spiro atoms. The molecule has 3 heterocycles. The van der Waals surface area contributed by atoms with Crippen molar-refractivity contribution in [1.29, 1.82) is 0 Å².